The first-order chi connectivity index (χ1) is 15.6. The Kier molecular flexibility index (Phi) is 10.0. The van der Waals surface area contributed by atoms with Gasteiger partial charge < -0.3 is 20.2 Å². The van der Waals surface area contributed by atoms with Gasteiger partial charge in [-0.3, -0.25) is 4.98 Å². The van der Waals surface area contributed by atoms with Crippen LogP contribution in [0.4, 0.5) is 0 Å². The van der Waals surface area contributed by atoms with Crippen LogP contribution in [-0.4, -0.2) is 31.1 Å². The van der Waals surface area contributed by atoms with Crippen molar-refractivity contribution in [2.45, 2.75) is 32.4 Å². The molecule has 0 saturated heterocycles. The molecule has 2 aromatic carbocycles. The second-order valence-electron chi connectivity index (χ2n) is 7.39. The third-order valence-corrected chi connectivity index (χ3v) is 5.37. The number of aromatic nitrogens is 1. The fourth-order valence-electron chi connectivity index (χ4n) is 3.43. The maximum Gasteiger partial charge on any atom is 0.120 e. The molecule has 1 unspecified atom stereocenters. The predicted octanol–water partition coefficient (Wildman–Crippen LogP) is 4.71. The third kappa shape index (κ3) is 6.72. The van der Waals surface area contributed by atoms with E-state index in [1.165, 1.54) is 11.1 Å². The Morgan fingerprint density at radius 2 is 1.75 bits per heavy atom. The maximum absolute atomic E-state index is 10.8. The zero-order valence-electron chi connectivity index (χ0n) is 18.8. The highest BCUT2D eigenvalue weighted by molar-refractivity contribution is 5.67. The van der Waals surface area contributed by atoms with Gasteiger partial charge in [-0.15, -0.1) is 0 Å². The quantitative estimate of drug-likeness (QED) is 0.457. The number of pyridine rings is 1. The van der Waals surface area contributed by atoms with Crippen molar-refractivity contribution < 1.29 is 9.59 Å². The Balaban J connectivity index is 0.00000176. The summed E-state index contributed by atoms with van der Waals surface area (Å²) in [6.07, 6.45) is 4.11. The maximum atomic E-state index is 10.8. The lowest BCUT2D eigenvalue weighted by molar-refractivity contribution is -0.108. The first-order valence-electron chi connectivity index (χ1n) is 10.6. The molecule has 0 radical (unpaired) electrons. The molecule has 0 amide bonds. The number of likely N-dealkylation sites (N-methyl/N-ethyl adjacent to an activating group) is 1. The number of carbonyl (C=O) groups excluding carboxylic acids is 2. The van der Waals surface area contributed by atoms with Gasteiger partial charge in [-0.1, -0.05) is 55.1 Å². The molecule has 0 aliphatic carbocycles. The van der Waals surface area contributed by atoms with Gasteiger partial charge in [0.2, 0.25) is 0 Å². The number of nitrogens with one attached hydrogen (secondary N) is 2. The molecule has 1 heterocycles. The highest BCUT2D eigenvalue weighted by Crippen LogP contribution is 2.24. The van der Waals surface area contributed by atoms with Crippen molar-refractivity contribution in [3.05, 3.63) is 90.3 Å². The summed E-state index contributed by atoms with van der Waals surface area (Å²) < 4.78 is 0. The molecule has 2 N–H and O–H groups in total. The monoisotopic (exact) mass is 429 g/mol. The summed E-state index contributed by atoms with van der Waals surface area (Å²) in [7, 11) is 1.86. The lowest BCUT2D eigenvalue weighted by atomic mass is 10.0. The smallest absolute Gasteiger partial charge is 0.120 e. The highest BCUT2D eigenvalue weighted by Gasteiger charge is 2.12. The number of benzene rings is 2. The number of aryl methyl sites for hydroxylation is 1. The summed E-state index contributed by atoms with van der Waals surface area (Å²) in [6.45, 7) is 8.87. The summed E-state index contributed by atoms with van der Waals surface area (Å²) in [5, 5.41) is 6.63. The average Bonchev–Trinajstić information content (AvgIpc) is 2.86. The summed E-state index contributed by atoms with van der Waals surface area (Å²) in [4.78, 5) is 23.5. The van der Waals surface area contributed by atoms with Gasteiger partial charge in [0, 0.05) is 49.1 Å². The van der Waals surface area contributed by atoms with E-state index in [1.807, 2.05) is 38.2 Å². The van der Waals surface area contributed by atoms with Crippen LogP contribution in [0.15, 0.2) is 79.1 Å². The predicted molar refractivity (Wildman–Crippen MR) is 131 cm³/mol. The molecule has 166 valence electrons. The van der Waals surface area contributed by atoms with E-state index in [9.17, 15) is 4.79 Å². The fourth-order valence-corrected chi connectivity index (χ4v) is 3.43. The molecular weight excluding hydrogens is 398 g/mol. The molecule has 1 atom stereocenters. The first kappa shape index (κ1) is 24.7. The van der Waals surface area contributed by atoms with Crippen molar-refractivity contribution in [2.24, 2.45) is 0 Å². The van der Waals surface area contributed by atoms with Gasteiger partial charge in [0.1, 0.15) is 13.1 Å². The Morgan fingerprint density at radius 3 is 2.38 bits per heavy atom. The molecule has 1 aromatic heterocycles. The number of nitrogens with zero attached hydrogens (tertiary/aromatic N) is 1. The van der Waals surface area contributed by atoms with Crippen molar-refractivity contribution in [1.82, 2.24) is 15.6 Å². The fraction of sp³-hybridized carbons (Fsp3) is 0.222. The molecule has 0 saturated carbocycles. The molecule has 0 aliphatic rings. The first-order valence-corrected chi connectivity index (χ1v) is 10.6. The van der Waals surface area contributed by atoms with E-state index >= 15 is 0 Å². The topological polar surface area (TPSA) is 71.1 Å². The molecule has 32 heavy (non-hydrogen) atoms. The minimum absolute atomic E-state index is 0.0477. The van der Waals surface area contributed by atoms with Crippen molar-refractivity contribution in [2.75, 3.05) is 7.05 Å². The van der Waals surface area contributed by atoms with Crippen LogP contribution in [-0.2, 0) is 16.1 Å². The lowest BCUT2D eigenvalue weighted by Gasteiger charge is -2.21. The van der Waals surface area contributed by atoms with Crippen LogP contribution in [0.25, 0.3) is 22.4 Å². The van der Waals surface area contributed by atoms with Gasteiger partial charge in [-0.2, -0.15) is 0 Å². The van der Waals surface area contributed by atoms with Gasteiger partial charge in [-0.05, 0) is 42.2 Å². The Labute approximate surface area is 190 Å². The van der Waals surface area contributed by atoms with Crippen LogP contribution < -0.4 is 10.6 Å². The van der Waals surface area contributed by atoms with Crippen LogP contribution in [0, 0.1) is 6.92 Å². The molecule has 0 aliphatic heterocycles. The number of hydrogen-bond acceptors (Lipinski definition) is 5. The lowest BCUT2D eigenvalue weighted by Crippen LogP contribution is -2.35. The van der Waals surface area contributed by atoms with E-state index in [-0.39, 0.29) is 6.04 Å². The van der Waals surface area contributed by atoms with Gasteiger partial charge in [0.25, 0.3) is 0 Å². The minimum atomic E-state index is 0.0477. The van der Waals surface area contributed by atoms with E-state index in [2.05, 4.69) is 71.6 Å². The largest absolute Gasteiger partial charge is 0.391 e. The van der Waals surface area contributed by atoms with Gasteiger partial charge >= 0.3 is 0 Å². The van der Waals surface area contributed by atoms with Crippen molar-refractivity contribution >= 4 is 13.1 Å². The van der Waals surface area contributed by atoms with Crippen molar-refractivity contribution in [3.63, 3.8) is 0 Å². The zero-order chi connectivity index (χ0) is 23.3. The van der Waals surface area contributed by atoms with Crippen molar-refractivity contribution in [3.8, 4) is 22.4 Å². The van der Waals surface area contributed by atoms with Crippen LogP contribution >= 0.6 is 0 Å². The second kappa shape index (κ2) is 13.0. The van der Waals surface area contributed by atoms with Crippen LogP contribution in [0.5, 0.6) is 0 Å². The number of carbonyl (C=O) groups is 2. The summed E-state index contributed by atoms with van der Waals surface area (Å²) in [5.74, 6) is 0. The number of aldehydes is 1. The minimum Gasteiger partial charge on any atom is -0.391 e. The Morgan fingerprint density at radius 1 is 1.03 bits per heavy atom. The van der Waals surface area contributed by atoms with Crippen LogP contribution in [0.2, 0.25) is 0 Å². The average molecular weight is 430 g/mol. The third-order valence-electron chi connectivity index (χ3n) is 5.37. The van der Waals surface area contributed by atoms with Gasteiger partial charge in [0.05, 0.1) is 5.69 Å². The molecule has 0 spiro atoms. The molecule has 0 fully saturated rings. The normalized spacial score (nSPS) is 11.1. The van der Waals surface area contributed by atoms with E-state index in [0.717, 1.165) is 40.8 Å². The number of rotatable bonds is 10. The standard InChI is InChI=1S/C26H29N3O.CH2O/c1-19-11-12-22(16-24(19)18-28-25(10-7-15-30)20(2)27-3)26-14-13-23(17-29-26)21-8-5-4-6-9-21;1-2/h4-6,8-9,11-17,25,27-28H,2,7,10,18H2,1,3H3;1H2. The Bertz CT molecular complexity index is 1000. The van der Waals surface area contributed by atoms with Crippen molar-refractivity contribution in [1.29, 1.82) is 0 Å². The van der Waals surface area contributed by atoms with E-state index < -0.39 is 0 Å². The molecule has 3 aromatic rings. The van der Waals surface area contributed by atoms with E-state index in [1.54, 1.807) is 0 Å². The van der Waals surface area contributed by atoms with Gasteiger partial charge in [-0.25, -0.2) is 0 Å². The second-order valence-corrected chi connectivity index (χ2v) is 7.39. The molecule has 3 rings (SSSR count). The zero-order valence-corrected chi connectivity index (χ0v) is 18.8. The highest BCUT2D eigenvalue weighted by atomic mass is 16.1. The number of hydrogen-bond donors (Lipinski definition) is 2. The molecular formula is C27H31N3O2. The summed E-state index contributed by atoms with van der Waals surface area (Å²) in [5.41, 5.74) is 7.64. The van der Waals surface area contributed by atoms with Gasteiger partial charge in [0.15, 0.2) is 0 Å². The van der Waals surface area contributed by atoms with Crippen LogP contribution in [0.3, 0.4) is 0 Å². The Hall–Kier alpha value is -3.57. The summed E-state index contributed by atoms with van der Waals surface area (Å²) >= 11 is 0. The SMILES string of the molecule is C=C(NC)C(CCC=O)NCc1cc(-c2ccc(-c3ccccc3)cn2)ccc1C.C=O. The van der Waals surface area contributed by atoms with E-state index in [4.69, 9.17) is 4.79 Å². The molecule has 5 nitrogen and oxygen atoms in total. The van der Waals surface area contributed by atoms with Crippen LogP contribution in [0.1, 0.15) is 24.0 Å². The van der Waals surface area contributed by atoms with E-state index in [0.29, 0.717) is 13.0 Å². The molecule has 0 bridgehead atoms. The molecule has 5 heteroatoms. The summed E-state index contributed by atoms with van der Waals surface area (Å²) in [6, 6.07) is 20.9.